The van der Waals surface area contributed by atoms with Gasteiger partial charge < -0.3 is 9.47 Å². The maximum absolute atomic E-state index is 12.2. The second-order valence-corrected chi connectivity index (χ2v) is 5.96. The van der Waals surface area contributed by atoms with Crippen molar-refractivity contribution in [3.05, 3.63) is 36.4 Å². The molecule has 0 N–H and O–H groups in total. The highest BCUT2D eigenvalue weighted by molar-refractivity contribution is 5.75. The Bertz CT molecular complexity index is 484. The molecule has 0 spiro atoms. The van der Waals surface area contributed by atoms with Crippen molar-refractivity contribution in [3.8, 4) is 5.75 Å². The monoisotopic (exact) mass is 288 g/mol. The van der Waals surface area contributed by atoms with Crippen molar-refractivity contribution in [3.63, 3.8) is 0 Å². The van der Waals surface area contributed by atoms with Gasteiger partial charge in [-0.3, -0.25) is 0 Å². The molecular weight excluding hydrogens is 264 g/mol. The summed E-state index contributed by atoms with van der Waals surface area (Å²) in [6.07, 6.45) is 6.54. The molecule has 1 fully saturated rings. The van der Waals surface area contributed by atoms with E-state index in [1.165, 1.54) is 6.42 Å². The van der Waals surface area contributed by atoms with Crippen molar-refractivity contribution in [1.29, 1.82) is 0 Å². The quantitative estimate of drug-likeness (QED) is 0.755. The van der Waals surface area contributed by atoms with E-state index in [0.717, 1.165) is 31.2 Å². The summed E-state index contributed by atoms with van der Waals surface area (Å²) in [4.78, 5) is 12.2. The van der Waals surface area contributed by atoms with E-state index in [1.807, 2.05) is 31.2 Å². The van der Waals surface area contributed by atoms with Crippen molar-refractivity contribution in [2.45, 2.75) is 57.7 Å². The summed E-state index contributed by atoms with van der Waals surface area (Å²) in [5, 5.41) is 0. The smallest absolute Gasteiger partial charge is 0.347 e. The van der Waals surface area contributed by atoms with E-state index in [2.05, 4.69) is 6.58 Å². The van der Waals surface area contributed by atoms with Gasteiger partial charge in [-0.15, -0.1) is 0 Å². The van der Waals surface area contributed by atoms with E-state index >= 15 is 0 Å². The first-order valence-electron chi connectivity index (χ1n) is 7.64. The maximum atomic E-state index is 12.2. The Balaban J connectivity index is 1.90. The van der Waals surface area contributed by atoms with Crippen LogP contribution in [0.25, 0.3) is 6.08 Å². The average molecular weight is 288 g/mol. The molecule has 0 aromatic heterocycles. The molecule has 1 aromatic carbocycles. The second kappa shape index (κ2) is 6.79. The van der Waals surface area contributed by atoms with Gasteiger partial charge >= 0.3 is 5.97 Å². The van der Waals surface area contributed by atoms with Crippen LogP contribution in [0.1, 0.15) is 51.5 Å². The lowest BCUT2D eigenvalue weighted by Gasteiger charge is -2.34. The highest BCUT2D eigenvalue weighted by Gasteiger charge is 2.32. The van der Waals surface area contributed by atoms with Gasteiger partial charge in [0, 0.05) is 0 Å². The van der Waals surface area contributed by atoms with Gasteiger partial charge in [-0.1, -0.05) is 31.2 Å². The fourth-order valence-corrected chi connectivity index (χ4v) is 2.66. The van der Waals surface area contributed by atoms with E-state index < -0.39 is 6.10 Å². The zero-order valence-electron chi connectivity index (χ0n) is 12.9. The molecule has 1 aliphatic rings. The van der Waals surface area contributed by atoms with Crippen molar-refractivity contribution >= 4 is 12.0 Å². The molecule has 2 rings (SSSR count). The van der Waals surface area contributed by atoms with E-state index in [4.69, 9.17) is 9.47 Å². The summed E-state index contributed by atoms with van der Waals surface area (Å²) >= 11 is 0. The number of benzene rings is 1. The minimum atomic E-state index is -0.599. The zero-order valence-corrected chi connectivity index (χ0v) is 12.9. The maximum Gasteiger partial charge on any atom is 0.347 e. The van der Waals surface area contributed by atoms with E-state index in [9.17, 15) is 4.79 Å². The zero-order chi connectivity index (χ0) is 15.3. The molecule has 1 saturated carbocycles. The molecule has 1 aromatic rings. The number of rotatable bonds is 5. The lowest BCUT2D eigenvalue weighted by molar-refractivity contribution is -0.168. The fraction of sp³-hybridized carbons (Fsp3) is 0.500. The second-order valence-electron chi connectivity index (χ2n) is 5.96. The third-order valence-corrected chi connectivity index (χ3v) is 4.02. The number of carbonyl (C=O) groups excluding carboxylic acids is 1. The van der Waals surface area contributed by atoms with Gasteiger partial charge in [0.15, 0.2) is 6.10 Å². The van der Waals surface area contributed by atoms with Gasteiger partial charge in [0.25, 0.3) is 0 Å². The van der Waals surface area contributed by atoms with Crippen LogP contribution in [0.15, 0.2) is 30.8 Å². The summed E-state index contributed by atoms with van der Waals surface area (Å²) in [6, 6.07) is 7.48. The molecule has 3 nitrogen and oxygen atoms in total. The largest absolute Gasteiger partial charge is 0.479 e. The summed E-state index contributed by atoms with van der Waals surface area (Å²) in [5.41, 5.74) is 0.701. The van der Waals surface area contributed by atoms with Gasteiger partial charge in [0.05, 0.1) is 0 Å². The Kier molecular flexibility index (Phi) is 5.05. The number of esters is 1. The van der Waals surface area contributed by atoms with Crippen LogP contribution in [-0.4, -0.2) is 17.7 Å². The van der Waals surface area contributed by atoms with Crippen molar-refractivity contribution in [2.24, 2.45) is 0 Å². The van der Waals surface area contributed by atoms with E-state index in [0.29, 0.717) is 5.75 Å². The third-order valence-electron chi connectivity index (χ3n) is 4.02. The van der Waals surface area contributed by atoms with Crippen LogP contribution in [0, 0.1) is 0 Å². The Morgan fingerprint density at radius 3 is 2.43 bits per heavy atom. The molecule has 0 heterocycles. The Hall–Kier alpha value is -1.77. The van der Waals surface area contributed by atoms with E-state index in [-0.39, 0.29) is 11.6 Å². The predicted molar refractivity (Wildman–Crippen MR) is 84.2 cm³/mol. The molecule has 21 heavy (non-hydrogen) atoms. The van der Waals surface area contributed by atoms with Gasteiger partial charge in [-0.05, 0) is 57.2 Å². The van der Waals surface area contributed by atoms with Crippen molar-refractivity contribution in [1.82, 2.24) is 0 Å². The topological polar surface area (TPSA) is 35.5 Å². The first-order valence-corrected chi connectivity index (χ1v) is 7.64. The van der Waals surface area contributed by atoms with Crippen LogP contribution in [0.2, 0.25) is 0 Å². The lowest BCUT2D eigenvalue weighted by atomic mass is 9.86. The fourth-order valence-electron chi connectivity index (χ4n) is 2.66. The van der Waals surface area contributed by atoms with Crippen molar-refractivity contribution in [2.75, 3.05) is 0 Å². The molecule has 0 amide bonds. The average Bonchev–Trinajstić information content (AvgIpc) is 2.48. The number of hydrogen-bond donors (Lipinski definition) is 0. The van der Waals surface area contributed by atoms with Crippen LogP contribution >= 0.6 is 0 Å². The Morgan fingerprint density at radius 2 is 1.86 bits per heavy atom. The minimum absolute atomic E-state index is 0.285. The summed E-state index contributed by atoms with van der Waals surface area (Å²) in [5.74, 6) is 0.381. The van der Waals surface area contributed by atoms with Gasteiger partial charge in [0.1, 0.15) is 11.4 Å². The minimum Gasteiger partial charge on any atom is -0.479 e. The van der Waals surface area contributed by atoms with Crippen LogP contribution in [0.5, 0.6) is 5.75 Å². The van der Waals surface area contributed by atoms with Gasteiger partial charge in [-0.25, -0.2) is 4.79 Å². The summed E-state index contributed by atoms with van der Waals surface area (Å²) in [6.45, 7) is 7.46. The first-order chi connectivity index (χ1) is 10.0. The molecule has 0 saturated heterocycles. The third kappa shape index (κ3) is 4.35. The standard InChI is InChI=1S/C18H24O3/c1-4-15-8-10-16(11-9-15)20-14(2)17(19)21-18(3)12-6-5-7-13-18/h4,8-11,14H,1,5-7,12-13H2,2-3H3. The highest BCUT2D eigenvalue weighted by Crippen LogP contribution is 2.31. The number of hydrogen-bond acceptors (Lipinski definition) is 3. The molecule has 1 unspecified atom stereocenters. The molecule has 0 radical (unpaired) electrons. The number of ether oxygens (including phenoxy) is 2. The summed E-state index contributed by atoms with van der Waals surface area (Å²) in [7, 11) is 0. The lowest BCUT2D eigenvalue weighted by Crippen LogP contribution is -2.38. The SMILES string of the molecule is C=Cc1ccc(OC(C)C(=O)OC2(C)CCCCC2)cc1. The molecule has 1 aliphatic carbocycles. The highest BCUT2D eigenvalue weighted by atomic mass is 16.6. The molecule has 0 bridgehead atoms. The molecule has 0 aliphatic heterocycles. The van der Waals surface area contributed by atoms with Crippen LogP contribution in [-0.2, 0) is 9.53 Å². The Morgan fingerprint density at radius 1 is 1.24 bits per heavy atom. The van der Waals surface area contributed by atoms with Crippen LogP contribution < -0.4 is 4.74 Å². The normalized spacial score (nSPS) is 18.6. The Labute approximate surface area is 127 Å². The van der Waals surface area contributed by atoms with Gasteiger partial charge in [-0.2, -0.15) is 0 Å². The molecule has 3 heteroatoms. The molecule has 114 valence electrons. The van der Waals surface area contributed by atoms with Gasteiger partial charge in [0.2, 0.25) is 0 Å². The van der Waals surface area contributed by atoms with Crippen LogP contribution in [0.3, 0.4) is 0 Å². The van der Waals surface area contributed by atoms with Crippen molar-refractivity contribution < 1.29 is 14.3 Å². The number of carbonyl (C=O) groups is 1. The first kappa shape index (κ1) is 15.6. The summed E-state index contributed by atoms with van der Waals surface area (Å²) < 4.78 is 11.3. The van der Waals surface area contributed by atoms with E-state index in [1.54, 1.807) is 13.0 Å². The predicted octanol–water partition coefficient (Wildman–Crippen LogP) is 4.36. The molecular formula is C18H24O3. The molecule has 1 atom stereocenters. The van der Waals surface area contributed by atoms with Crippen LogP contribution in [0.4, 0.5) is 0 Å².